The van der Waals surface area contributed by atoms with Crippen LogP contribution in [-0.2, 0) is 4.79 Å². The van der Waals surface area contributed by atoms with E-state index in [1.165, 1.54) is 25.7 Å². The molecular formula is C14H27N3O. The molecule has 2 aliphatic heterocycles. The van der Waals surface area contributed by atoms with E-state index < -0.39 is 0 Å². The monoisotopic (exact) mass is 253 g/mol. The molecule has 18 heavy (non-hydrogen) atoms. The van der Waals surface area contributed by atoms with Gasteiger partial charge in [-0.3, -0.25) is 9.69 Å². The average Bonchev–Trinajstić information content (AvgIpc) is 2.40. The molecule has 0 aromatic carbocycles. The minimum absolute atomic E-state index is 0.338. The number of nitrogens with one attached hydrogen (secondary N) is 1. The summed E-state index contributed by atoms with van der Waals surface area (Å²) < 4.78 is 0. The Kier molecular flexibility index (Phi) is 5.01. The number of piperidine rings is 2. The Labute approximate surface area is 111 Å². The summed E-state index contributed by atoms with van der Waals surface area (Å²) in [4.78, 5) is 16.6. The molecule has 104 valence electrons. The van der Waals surface area contributed by atoms with Crippen LogP contribution in [0.1, 0.15) is 32.6 Å². The molecule has 2 rings (SSSR count). The molecule has 2 aliphatic rings. The summed E-state index contributed by atoms with van der Waals surface area (Å²) in [5.74, 6) is 1.13. The lowest BCUT2D eigenvalue weighted by Crippen LogP contribution is -2.47. The van der Waals surface area contributed by atoms with Gasteiger partial charge in [0, 0.05) is 32.2 Å². The van der Waals surface area contributed by atoms with E-state index in [9.17, 15) is 4.79 Å². The minimum atomic E-state index is 0.338. The number of rotatable bonds is 3. The molecule has 0 aromatic heterocycles. The maximum Gasteiger partial charge on any atom is 0.236 e. The van der Waals surface area contributed by atoms with Crippen LogP contribution in [0, 0.1) is 5.92 Å². The lowest BCUT2D eigenvalue weighted by molar-refractivity contribution is -0.134. The maximum atomic E-state index is 12.2. The number of hydrogen-bond donors (Lipinski definition) is 1. The second-order valence-corrected chi connectivity index (χ2v) is 5.90. The zero-order valence-electron chi connectivity index (χ0n) is 11.8. The normalized spacial score (nSPS) is 24.4. The second-order valence-electron chi connectivity index (χ2n) is 5.90. The molecule has 0 bridgehead atoms. The van der Waals surface area contributed by atoms with Gasteiger partial charge in [0.15, 0.2) is 0 Å². The highest BCUT2D eigenvalue weighted by Crippen LogP contribution is 2.17. The molecule has 1 amide bonds. The van der Waals surface area contributed by atoms with E-state index in [2.05, 4.69) is 22.0 Å². The molecule has 0 spiro atoms. The molecule has 2 saturated heterocycles. The van der Waals surface area contributed by atoms with Gasteiger partial charge in [-0.15, -0.1) is 0 Å². The minimum Gasteiger partial charge on any atom is -0.342 e. The molecule has 2 heterocycles. The number of carbonyl (C=O) groups is 1. The van der Waals surface area contributed by atoms with Gasteiger partial charge in [0.05, 0.1) is 6.54 Å². The quantitative estimate of drug-likeness (QED) is 0.813. The highest BCUT2D eigenvalue weighted by Gasteiger charge is 2.24. The maximum absolute atomic E-state index is 12.2. The van der Waals surface area contributed by atoms with Gasteiger partial charge in [-0.25, -0.2) is 0 Å². The Morgan fingerprint density at radius 1 is 1.11 bits per heavy atom. The van der Waals surface area contributed by atoms with Crippen molar-refractivity contribution in [2.75, 3.05) is 39.8 Å². The first-order valence-electron chi connectivity index (χ1n) is 7.36. The van der Waals surface area contributed by atoms with Crippen LogP contribution in [0.4, 0.5) is 0 Å². The summed E-state index contributed by atoms with van der Waals surface area (Å²) in [6, 6.07) is 0.646. The van der Waals surface area contributed by atoms with Crippen molar-refractivity contribution < 1.29 is 4.79 Å². The molecule has 4 nitrogen and oxygen atoms in total. The van der Waals surface area contributed by atoms with Gasteiger partial charge < -0.3 is 10.2 Å². The molecule has 1 N–H and O–H groups in total. The van der Waals surface area contributed by atoms with Crippen molar-refractivity contribution in [2.45, 2.75) is 38.6 Å². The molecule has 4 heteroatoms. The summed E-state index contributed by atoms with van der Waals surface area (Å²) in [5, 5.41) is 3.32. The van der Waals surface area contributed by atoms with Crippen LogP contribution < -0.4 is 5.32 Å². The van der Waals surface area contributed by atoms with Crippen molar-refractivity contribution in [3.63, 3.8) is 0 Å². The van der Waals surface area contributed by atoms with Crippen molar-refractivity contribution in [3.05, 3.63) is 0 Å². The van der Waals surface area contributed by atoms with Gasteiger partial charge in [-0.1, -0.05) is 6.92 Å². The van der Waals surface area contributed by atoms with Gasteiger partial charge in [-0.2, -0.15) is 0 Å². The molecule has 2 fully saturated rings. The standard InChI is InChI=1S/C14H27N3O/c1-12-3-9-17(10-4-12)14(18)11-16-7-5-13(15-2)6-8-16/h12-13,15H,3-11H2,1-2H3. The molecule has 0 aliphatic carbocycles. The second kappa shape index (κ2) is 6.53. The third-order valence-electron chi connectivity index (χ3n) is 4.49. The van der Waals surface area contributed by atoms with Crippen LogP contribution in [0.25, 0.3) is 0 Å². The SMILES string of the molecule is CNC1CCN(CC(=O)N2CCC(C)CC2)CC1. The van der Waals surface area contributed by atoms with Crippen LogP contribution in [-0.4, -0.2) is 61.5 Å². The zero-order chi connectivity index (χ0) is 13.0. The highest BCUT2D eigenvalue weighted by atomic mass is 16.2. The molecule has 0 saturated carbocycles. The smallest absolute Gasteiger partial charge is 0.236 e. The van der Waals surface area contributed by atoms with Gasteiger partial charge in [-0.05, 0) is 38.6 Å². The van der Waals surface area contributed by atoms with E-state index in [0.717, 1.165) is 32.1 Å². The van der Waals surface area contributed by atoms with E-state index in [0.29, 0.717) is 18.5 Å². The van der Waals surface area contributed by atoms with Gasteiger partial charge >= 0.3 is 0 Å². The molecule has 0 atom stereocenters. The third kappa shape index (κ3) is 3.69. The van der Waals surface area contributed by atoms with Crippen LogP contribution >= 0.6 is 0 Å². The van der Waals surface area contributed by atoms with Crippen molar-refractivity contribution in [2.24, 2.45) is 5.92 Å². The summed E-state index contributed by atoms with van der Waals surface area (Å²) in [5.41, 5.74) is 0. The van der Waals surface area contributed by atoms with E-state index in [-0.39, 0.29) is 0 Å². The van der Waals surface area contributed by atoms with Crippen LogP contribution in [0.5, 0.6) is 0 Å². The Balaban J connectivity index is 1.71. The average molecular weight is 253 g/mol. The van der Waals surface area contributed by atoms with Crippen LogP contribution in [0.3, 0.4) is 0 Å². The first-order chi connectivity index (χ1) is 8.69. The van der Waals surface area contributed by atoms with E-state index in [1.807, 2.05) is 7.05 Å². The summed E-state index contributed by atoms with van der Waals surface area (Å²) in [6.45, 7) is 6.96. The predicted molar refractivity (Wildman–Crippen MR) is 73.5 cm³/mol. The van der Waals surface area contributed by atoms with Crippen LogP contribution in [0.2, 0.25) is 0 Å². The predicted octanol–water partition coefficient (Wildman–Crippen LogP) is 0.929. The van der Waals surface area contributed by atoms with Gasteiger partial charge in [0.2, 0.25) is 5.91 Å². The number of nitrogens with zero attached hydrogens (tertiary/aromatic N) is 2. The fraction of sp³-hybridized carbons (Fsp3) is 0.929. The Morgan fingerprint density at radius 2 is 1.72 bits per heavy atom. The lowest BCUT2D eigenvalue weighted by Gasteiger charge is -2.35. The van der Waals surface area contributed by atoms with E-state index in [4.69, 9.17) is 0 Å². The van der Waals surface area contributed by atoms with Crippen molar-refractivity contribution >= 4 is 5.91 Å². The lowest BCUT2D eigenvalue weighted by atomic mass is 9.99. The van der Waals surface area contributed by atoms with Crippen LogP contribution in [0.15, 0.2) is 0 Å². The van der Waals surface area contributed by atoms with Crippen molar-refractivity contribution in [3.8, 4) is 0 Å². The first-order valence-corrected chi connectivity index (χ1v) is 7.36. The van der Waals surface area contributed by atoms with Gasteiger partial charge in [0.25, 0.3) is 0 Å². The first kappa shape index (κ1) is 13.8. The highest BCUT2D eigenvalue weighted by molar-refractivity contribution is 5.78. The molecule has 0 aromatic rings. The Bertz CT molecular complexity index is 266. The number of amides is 1. The van der Waals surface area contributed by atoms with Crippen molar-refractivity contribution in [1.29, 1.82) is 0 Å². The summed E-state index contributed by atoms with van der Waals surface area (Å²) >= 11 is 0. The Hall–Kier alpha value is -0.610. The molecule has 0 unspecified atom stereocenters. The zero-order valence-corrected chi connectivity index (χ0v) is 11.8. The molecule has 0 radical (unpaired) electrons. The fourth-order valence-electron chi connectivity index (χ4n) is 2.93. The topological polar surface area (TPSA) is 35.6 Å². The molecular weight excluding hydrogens is 226 g/mol. The van der Waals surface area contributed by atoms with E-state index >= 15 is 0 Å². The third-order valence-corrected chi connectivity index (χ3v) is 4.49. The van der Waals surface area contributed by atoms with Crippen molar-refractivity contribution in [1.82, 2.24) is 15.1 Å². The van der Waals surface area contributed by atoms with E-state index in [1.54, 1.807) is 0 Å². The number of likely N-dealkylation sites (tertiary alicyclic amines) is 2. The summed E-state index contributed by atoms with van der Waals surface area (Å²) in [6.07, 6.45) is 4.68. The largest absolute Gasteiger partial charge is 0.342 e. The summed E-state index contributed by atoms with van der Waals surface area (Å²) in [7, 11) is 2.03. The van der Waals surface area contributed by atoms with Gasteiger partial charge in [0.1, 0.15) is 0 Å². The Morgan fingerprint density at radius 3 is 2.28 bits per heavy atom. The number of carbonyl (C=O) groups excluding carboxylic acids is 1. The fourth-order valence-corrected chi connectivity index (χ4v) is 2.93. The number of hydrogen-bond acceptors (Lipinski definition) is 3.